The van der Waals surface area contributed by atoms with Crippen molar-refractivity contribution in [2.45, 2.75) is 59.3 Å². The van der Waals surface area contributed by atoms with E-state index >= 15 is 0 Å². The Bertz CT molecular complexity index is 595. The highest BCUT2D eigenvalue weighted by molar-refractivity contribution is 6.32. The van der Waals surface area contributed by atoms with E-state index in [0.717, 1.165) is 29.9 Å². The molecule has 1 aliphatic rings. The third kappa shape index (κ3) is 6.18. The molecule has 2 radical (unpaired) electrons. The Morgan fingerprint density at radius 1 is 1.28 bits per heavy atom. The normalized spacial score (nSPS) is 19.5. The van der Waals surface area contributed by atoms with E-state index in [2.05, 4.69) is 6.92 Å². The summed E-state index contributed by atoms with van der Waals surface area (Å²) in [5.74, 6) is 1.04. The molecule has 0 saturated heterocycles. The van der Waals surface area contributed by atoms with E-state index in [9.17, 15) is 14.9 Å². The van der Waals surface area contributed by atoms with Crippen LogP contribution in [0.5, 0.6) is 0 Å². The average molecular weight is 345 g/mol. The van der Waals surface area contributed by atoms with Crippen LogP contribution < -0.4 is 5.46 Å². The number of nitro groups is 1. The van der Waals surface area contributed by atoms with Crippen LogP contribution in [0.1, 0.15) is 57.1 Å². The second kappa shape index (κ2) is 10.2. The summed E-state index contributed by atoms with van der Waals surface area (Å²) in [5, 5.41) is 10.6. The molecule has 0 spiro atoms. The first-order chi connectivity index (χ1) is 11.8. The minimum Gasteiger partial charge on any atom is -0.469 e. The molecule has 1 aliphatic carbocycles. The van der Waals surface area contributed by atoms with Gasteiger partial charge in [0.2, 0.25) is 0 Å². The highest BCUT2D eigenvalue weighted by Crippen LogP contribution is 2.31. The summed E-state index contributed by atoms with van der Waals surface area (Å²) in [7, 11) is 7.00. The lowest BCUT2D eigenvalue weighted by Crippen LogP contribution is -2.22. The molecule has 6 heteroatoms. The zero-order valence-electron chi connectivity index (χ0n) is 15.7. The largest absolute Gasteiger partial charge is 0.469 e. The van der Waals surface area contributed by atoms with Gasteiger partial charge in [-0.25, -0.2) is 0 Å². The second-order valence-electron chi connectivity index (χ2n) is 6.60. The standard InChI is InChI=1S/C10H18O2.C9H10BNO2/c1-3-8-4-6-9(7-5-8)10(11)12-2;1-3-8-6(2)4-7(10)5-9(8)11(12)13/h8-9H,3-7H2,1-2H3;4-5H,3H2,1-2H3. The molecule has 136 valence electrons. The Labute approximate surface area is 151 Å². The molecule has 0 atom stereocenters. The third-order valence-corrected chi connectivity index (χ3v) is 4.98. The van der Waals surface area contributed by atoms with Crippen LogP contribution in [0.3, 0.4) is 0 Å². The van der Waals surface area contributed by atoms with Crippen LogP contribution in [0.15, 0.2) is 12.1 Å². The molecule has 0 amide bonds. The summed E-state index contributed by atoms with van der Waals surface area (Å²) in [6, 6.07) is 3.16. The Kier molecular flexibility index (Phi) is 8.66. The molecular formula is C19H28BNO4. The smallest absolute Gasteiger partial charge is 0.308 e. The Morgan fingerprint density at radius 2 is 1.88 bits per heavy atom. The number of benzene rings is 1. The zero-order valence-corrected chi connectivity index (χ0v) is 15.7. The lowest BCUT2D eigenvalue weighted by Gasteiger charge is -2.25. The molecule has 0 bridgehead atoms. The van der Waals surface area contributed by atoms with Gasteiger partial charge >= 0.3 is 5.97 Å². The molecule has 1 fully saturated rings. The predicted molar refractivity (Wildman–Crippen MR) is 100 cm³/mol. The van der Waals surface area contributed by atoms with Gasteiger partial charge in [-0.3, -0.25) is 14.9 Å². The van der Waals surface area contributed by atoms with Crippen molar-refractivity contribution in [3.63, 3.8) is 0 Å². The van der Waals surface area contributed by atoms with Crippen molar-refractivity contribution in [3.05, 3.63) is 33.4 Å². The van der Waals surface area contributed by atoms with E-state index in [1.165, 1.54) is 32.4 Å². The molecule has 0 heterocycles. The molecule has 1 aromatic carbocycles. The topological polar surface area (TPSA) is 69.4 Å². The van der Waals surface area contributed by atoms with Crippen molar-refractivity contribution in [2.75, 3.05) is 7.11 Å². The van der Waals surface area contributed by atoms with Gasteiger partial charge in [-0.2, -0.15) is 0 Å². The molecule has 5 nitrogen and oxygen atoms in total. The second-order valence-corrected chi connectivity index (χ2v) is 6.60. The molecule has 25 heavy (non-hydrogen) atoms. The lowest BCUT2D eigenvalue weighted by atomic mass is 9.81. The Balaban J connectivity index is 0.000000251. The van der Waals surface area contributed by atoms with Crippen LogP contribution in [-0.4, -0.2) is 25.8 Å². The molecule has 0 aromatic heterocycles. The molecule has 1 aromatic rings. The van der Waals surface area contributed by atoms with Crippen molar-refractivity contribution in [1.82, 2.24) is 0 Å². The fraction of sp³-hybridized carbons (Fsp3) is 0.632. The highest BCUT2D eigenvalue weighted by atomic mass is 16.6. The number of carbonyl (C=O) groups excluding carboxylic acids is 1. The predicted octanol–water partition coefficient (Wildman–Crippen LogP) is 3.64. The van der Waals surface area contributed by atoms with Crippen molar-refractivity contribution in [2.24, 2.45) is 11.8 Å². The number of carbonyl (C=O) groups is 1. The summed E-state index contributed by atoms with van der Waals surface area (Å²) in [6.07, 6.45) is 6.39. The van der Waals surface area contributed by atoms with Crippen molar-refractivity contribution < 1.29 is 14.5 Å². The first-order valence-electron chi connectivity index (χ1n) is 8.95. The maximum atomic E-state index is 11.1. The van der Waals surface area contributed by atoms with Crippen LogP contribution >= 0.6 is 0 Å². The van der Waals surface area contributed by atoms with Gasteiger partial charge in [0.15, 0.2) is 0 Å². The van der Waals surface area contributed by atoms with E-state index in [1.54, 1.807) is 6.07 Å². The van der Waals surface area contributed by atoms with Crippen molar-refractivity contribution >= 4 is 25.0 Å². The molecule has 0 aliphatic heterocycles. The molecule has 0 N–H and O–H groups in total. The summed E-state index contributed by atoms with van der Waals surface area (Å²) in [5.41, 5.74) is 2.22. The Hall–Kier alpha value is -1.85. The Morgan fingerprint density at radius 3 is 2.32 bits per heavy atom. The summed E-state index contributed by atoms with van der Waals surface area (Å²) in [6.45, 7) is 5.96. The van der Waals surface area contributed by atoms with Crippen LogP contribution in [0.4, 0.5) is 5.69 Å². The fourth-order valence-corrected chi connectivity index (χ4v) is 3.42. The minimum atomic E-state index is -0.387. The van der Waals surface area contributed by atoms with Gasteiger partial charge in [0.1, 0.15) is 7.85 Å². The van der Waals surface area contributed by atoms with Gasteiger partial charge in [-0.15, -0.1) is 0 Å². The van der Waals surface area contributed by atoms with Gasteiger partial charge in [-0.1, -0.05) is 31.8 Å². The zero-order chi connectivity index (χ0) is 19.0. The first-order valence-corrected chi connectivity index (χ1v) is 8.95. The van der Waals surface area contributed by atoms with E-state index < -0.39 is 0 Å². The van der Waals surface area contributed by atoms with Crippen LogP contribution in [0.25, 0.3) is 0 Å². The summed E-state index contributed by atoms with van der Waals surface area (Å²) < 4.78 is 4.72. The number of nitro benzene ring substituents is 1. The maximum absolute atomic E-state index is 11.1. The maximum Gasteiger partial charge on any atom is 0.308 e. The highest BCUT2D eigenvalue weighted by Gasteiger charge is 2.25. The number of rotatable bonds is 4. The van der Waals surface area contributed by atoms with Gasteiger partial charge < -0.3 is 4.74 Å². The third-order valence-electron chi connectivity index (χ3n) is 4.98. The van der Waals surface area contributed by atoms with Gasteiger partial charge in [0, 0.05) is 11.6 Å². The van der Waals surface area contributed by atoms with E-state index in [0.29, 0.717) is 11.9 Å². The molecule has 2 rings (SSSR count). The number of aryl methyl sites for hydroxylation is 1. The van der Waals surface area contributed by atoms with E-state index in [-0.39, 0.29) is 22.5 Å². The van der Waals surface area contributed by atoms with Gasteiger partial charge in [0.25, 0.3) is 5.69 Å². The number of nitrogens with zero attached hydrogens (tertiary/aromatic N) is 1. The molecule has 1 saturated carbocycles. The van der Waals surface area contributed by atoms with Crippen molar-refractivity contribution in [1.29, 1.82) is 0 Å². The number of hydrogen-bond acceptors (Lipinski definition) is 4. The van der Waals surface area contributed by atoms with Crippen molar-refractivity contribution in [3.8, 4) is 0 Å². The molecular weight excluding hydrogens is 317 g/mol. The average Bonchev–Trinajstić information content (AvgIpc) is 2.61. The SMILES string of the molecule is CCC1CCC(C(=O)OC)CC1.[B]c1cc(C)c(CC)c([N+](=O)[O-])c1. The number of ether oxygens (including phenoxy) is 1. The summed E-state index contributed by atoms with van der Waals surface area (Å²) in [4.78, 5) is 21.4. The minimum absolute atomic E-state index is 0.00967. The first kappa shape index (κ1) is 21.2. The van der Waals surface area contributed by atoms with E-state index in [1.807, 2.05) is 13.8 Å². The number of methoxy groups -OCH3 is 1. The summed E-state index contributed by atoms with van der Waals surface area (Å²) >= 11 is 0. The van der Waals surface area contributed by atoms with E-state index in [4.69, 9.17) is 12.6 Å². The van der Waals surface area contributed by atoms with Gasteiger partial charge in [-0.05, 0) is 50.5 Å². The lowest BCUT2D eigenvalue weighted by molar-refractivity contribution is -0.385. The monoisotopic (exact) mass is 345 g/mol. The van der Waals surface area contributed by atoms with Crippen LogP contribution in [0.2, 0.25) is 0 Å². The van der Waals surface area contributed by atoms with Crippen LogP contribution in [0, 0.1) is 28.9 Å². The quantitative estimate of drug-likeness (QED) is 0.362. The number of esters is 1. The van der Waals surface area contributed by atoms with Gasteiger partial charge in [0.05, 0.1) is 18.0 Å². The molecule has 0 unspecified atom stereocenters. The van der Waals surface area contributed by atoms with Crippen LogP contribution in [-0.2, 0) is 16.0 Å². The fourth-order valence-electron chi connectivity index (χ4n) is 3.42. The number of hydrogen-bond donors (Lipinski definition) is 0.